The molecule has 0 radical (unpaired) electrons. The zero-order chi connectivity index (χ0) is 19.0. The molecule has 1 fully saturated rings. The fourth-order valence-electron chi connectivity index (χ4n) is 3.00. The summed E-state index contributed by atoms with van der Waals surface area (Å²) in [7, 11) is 1.85. The molecule has 1 saturated carbocycles. The van der Waals surface area contributed by atoms with E-state index in [2.05, 4.69) is 20.8 Å². The lowest BCUT2D eigenvalue weighted by molar-refractivity contribution is 0.0952. The van der Waals surface area contributed by atoms with Gasteiger partial charge in [-0.2, -0.15) is 0 Å². The van der Waals surface area contributed by atoms with Crippen LogP contribution in [-0.4, -0.2) is 35.7 Å². The smallest absolute Gasteiger partial charge is 0.259 e. The summed E-state index contributed by atoms with van der Waals surface area (Å²) in [6.07, 6.45) is 2.08. The highest BCUT2D eigenvalue weighted by Crippen LogP contribution is 2.43. The Balaban J connectivity index is 1.78. The van der Waals surface area contributed by atoms with Gasteiger partial charge in [-0.1, -0.05) is 5.16 Å². The van der Waals surface area contributed by atoms with Gasteiger partial charge in [-0.05, 0) is 57.1 Å². The Hall–Kier alpha value is -2.80. The lowest BCUT2D eigenvalue weighted by atomic mass is 10.0. The second-order valence-corrected chi connectivity index (χ2v) is 6.98. The minimum absolute atomic E-state index is 0.147. The lowest BCUT2D eigenvalue weighted by Crippen LogP contribution is -2.37. The molecule has 1 amide bonds. The molecule has 6 nitrogen and oxygen atoms in total. The molecule has 1 aliphatic carbocycles. The Morgan fingerprint density at radius 3 is 2.74 bits per heavy atom. The zero-order valence-corrected chi connectivity index (χ0v) is 15.3. The van der Waals surface area contributed by atoms with Gasteiger partial charge in [0, 0.05) is 24.1 Å². The van der Waals surface area contributed by atoms with Crippen molar-refractivity contribution in [3.63, 3.8) is 0 Å². The van der Waals surface area contributed by atoms with Gasteiger partial charge in [0.1, 0.15) is 5.82 Å². The molecule has 0 saturated heterocycles. The van der Waals surface area contributed by atoms with Gasteiger partial charge in [-0.25, -0.2) is 9.37 Å². The average molecular weight is 368 g/mol. The molecule has 7 heteroatoms. The van der Waals surface area contributed by atoms with E-state index >= 15 is 0 Å². The van der Waals surface area contributed by atoms with Crippen molar-refractivity contribution in [3.8, 4) is 11.3 Å². The van der Waals surface area contributed by atoms with Gasteiger partial charge in [0.2, 0.25) is 0 Å². The van der Waals surface area contributed by atoms with Crippen LogP contribution in [0.15, 0.2) is 34.9 Å². The van der Waals surface area contributed by atoms with Crippen LogP contribution < -0.4 is 10.6 Å². The van der Waals surface area contributed by atoms with Crippen LogP contribution in [0.25, 0.3) is 22.4 Å². The van der Waals surface area contributed by atoms with Crippen LogP contribution >= 0.6 is 0 Å². The normalized spacial score (nSPS) is 15.1. The van der Waals surface area contributed by atoms with Crippen molar-refractivity contribution in [2.45, 2.75) is 31.7 Å². The minimum atomic E-state index is -0.325. The Bertz CT molecular complexity index is 980. The van der Waals surface area contributed by atoms with Gasteiger partial charge in [0.05, 0.1) is 22.3 Å². The van der Waals surface area contributed by atoms with Crippen molar-refractivity contribution in [1.82, 2.24) is 20.8 Å². The Labute approximate surface area is 156 Å². The summed E-state index contributed by atoms with van der Waals surface area (Å²) in [5.41, 5.74) is 2.89. The highest BCUT2D eigenvalue weighted by atomic mass is 19.1. The summed E-state index contributed by atoms with van der Waals surface area (Å²) in [6, 6.07) is 7.88. The third-order valence-corrected chi connectivity index (χ3v) is 4.88. The van der Waals surface area contributed by atoms with Crippen molar-refractivity contribution in [2.24, 2.45) is 0 Å². The number of hydrogen-bond acceptors (Lipinski definition) is 5. The van der Waals surface area contributed by atoms with Gasteiger partial charge in [0.25, 0.3) is 11.6 Å². The van der Waals surface area contributed by atoms with Crippen molar-refractivity contribution in [1.29, 1.82) is 0 Å². The monoisotopic (exact) mass is 368 g/mol. The highest BCUT2D eigenvalue weighted by molar-refractivity contribution is 6.07. The summed E-state index contributed by atoms with van der Waals surface area (Å²) in [5, 5.41) is 10.9. The van der Waals surface area contributed by atoms with E-state index in [4.69, 9.17) is 4.52 Å². The van der Waals surface area contributed by atoms with Gasteiger partial charge in [0.15, 0.2) is 0 Å². The molecule has 2 aromatic heterocycles. The maximum absolute atomic E-state index is 13.3. The SMILES string of the molecule is CNC(C)CNC(=O)c1cc(-c2ccc(F)cc2)nc2onc(C3CC3)c12. The van der Waals surface area contributed by atoms with Crippen molar-refractivity contribution in [2.75, 3.05) is 13.6 Å². The molecule has 2 N–H and O–H groups in total. The molecule has 0 aliphatic heterocycles. The molecular weight excluding hydrogens is 347 g/mol. The van der Waals surface area contributed by atoms with E-state index in [9.17, 15) is 9.18 Å². The number of aromatic nitrogens is 2. The van der Waals surface area contributed by atoms with Crippen LogP contribution in [0.2, 0.25) is 0 Å². The van der Waals surface area contributed by atoms with E-state index in [1.54, 1.807) is 18.2 Å². The Kier molecular flexibility index (Phi) is 4.61. The fraction of sp³-hybridized carbons (Fsp3) is 0.350. The lowest BCUT2D eigenvalue weighted by Gasteiger charge is -2.12. The van der Waals surface area contributed by atoms with Crippen LogP contribution in [0.3, 0.4) is 0 Å². The third-order valence-electron chi connectivity index (χ3n) is 4.88. The molecule has 4 rings (SSSR count). The number of fused-ring (bicyclic) bond motifs is 1. The molecule has 2 heterocycles. The first-order valence-electron chi connectivity index (χ1n) is 9.08. The molecule has 1 aliphatic rings. The van der Waals surface area contributed by atoms with Gasteiger partial charge in [-0.3, -0.25) is 4.79 Å². The second kappa shape index (κ2) is 7.08. The number of rotatable bonds is 6. The van der Waals surface area contributed by atoms with Gasteiger partial charge >= 0.3 is 0 Å². The summed E-state index contributed by atoms with van der Waals surface area (Å²) in [6.45, 7) is 2.48. The standard InChI is InChI=1S/C20H21FN4O2/c1-11(22-2)10-23-19(26)15-9-16(12-5-7-14(21)8-6-12)24-20-17(15)18(25-27-20)13-3-4-13/h5-9,11,13,22H,3-4,10H2,1-2H3,(H,23,26). The number of hydrogen-bond donors (Lipinski definition) is 2. The molecule has 1 unspecified atom stereocenters. The molecule has 1 aromatic carbocycles. The van der Waals surface area contributed by atoms with E-state index in [0.29, 0.717) is 40.4 Å². The Morgan fingerprint density at radius 2 is 2.07 bits per heavy atom. The first-order chi connectivity index (χ1) is 13.1. The van der Waals surface area contributed by atoms with Crippen LogP contribution in [0.1, 0.15) is 41.7 Å². The van der Waals surface area contributed by atoms with Crippen LogP contribution in [-0.2, 0) is 0 Å². The first kappa shape index (κ1) is 17.6. The van der Waals surface area contributed by atoms with E-state index in [-0.39, 0.29) is 17.8 Å². The number of nitrogens with one attached hydrogen (secondary N) is 2. The zero-order valence-electron chi connectivity index (χ0n) is 15.3. The van der Waals surface area contributed by atoms with Gasteiger partial charge < -0.3 is 15.2 Å². The number of benzene rings is 1. The quantitative estimate of drug-likeness (QED) is 0.698. The van der Waals surface area contributed by atoms with E-state index in [0.717, 1.165) is 18.5 Å². The highest BCUT2D eigenvalue weighted by Gasteiger charge is 2.32. The molecule has 0 bridgehead atoms. The number of amides is 1. The molecular formula is C20H21FN4O2. The van der Waals surface area contributed by atoms with E-state index < -0.39 is 0 Å². The van der Waals surface area contributed by atoms with Crippen molar-refractivity contribution < 1.29 is 13.7 Å². The number of pyridine rings is 1. The number of halogens is 1. The average Bonchev–Trinajstić information content (AvgIpc) is 3.44. The number of nitrogens with zero attached hydrogens (tertiary/aromatic N) is 2. The number of likely N-dealkylation sites (N-methyl/N-ethyl adjacent to an activating group) is 1. The number of carbonyl (C=O) groups is 1. The van der Waals surface area contributed by atoms with Crippen LogP contribution in [0.5, 0.6) is 0 Å². The maximum atomic E-state index is 13.3. The summed E-state index contributed by atoms with van der Waals surface area (Å²) < 4.78 is 18.7. The van der Waals surface area contributed by atoms with Gasteiger partial charge in [-0.15, -0.1) is 0 Å². The second-order valence-electron chi connectivity index (χ2n) is 6.98. The van der Waals surface area contributed by atoms with Crippen molar-refractivity contribution in [3.05, 3.63) is 47.4 Å². The largest absolute Gasteiger partial charge is 0.350 e. The molecule has 27 heavy (non-hydrogen) atoms. The van der Waals surface area contributed by atoms with E-state index in [1.165, 1.54) is 12.1 Å². The molecule has 1 atom stereocenters. The summed E-state index contributed by atoms with van der Waals surface area (Å²) in [5.74, 6) is -0.194. The minimum Gasteiger partial charge on any atom is -0.350 e. The maximum Gasteiger partial charge on any atom is 0.259 e. The predicted molar refractivity (Wildman–Crippen MR) is 100 cm³/mol. The van der Waals surface area contributed by atoms with Crippen molar-refractivity contribution >= 4 is 17.0 Å². The summed E-state index contributed by atoms with van der Waals surface area (Å²) in [4.78, 5) is 17.4. The topological polar surface area (TPSA) is 80.0 Å². The summed E-state index contributed by atoms with van der Waals surface area (Å²) >= 11 is 0. The molecule has 0 spiro atoms. The molecule has 140 valence electrons. The number of carbonyl (C=O) groups excluding carboxylic acids is 1. The fourth-order valence-corrected chi connectivity index (χ4v) is 3.00. The third kappa shape index (κ3) is 3.55. The Morgan fingerprint density at radius 1 is 1.33 bits per heavy atom. The molecule has 3 aromatic rings. The first-order valence-corrected chi connectivity index (χ1v) is 9.08. The van der Waals surface area contributed by atoms with E-state index in [1.807, 2.05) is 14.0 Å². The van der Waals surface area contributed by atoms with Crippen LogP contribution in [0, 0.1) is 5.82 Å². The predicted octanol–water partition coefficient (Wildman–Crippen LogP) is 3.24. The van der Waals surface area contributed by atoms with Crippen LogP contribution in [0.4, 0.5) is 4.39 Å².